The van der Waals surface area contributed by atoms with Crippen molar-refractivity contribution < 1.29 is 0 Å². The molecule has 0 saturated heterocycles. The zero-order valence-electron chi connectivity index (χ0n) is 10.3. The van der Waals surface area contributed by atoms with Crippen LogP contribution in [0.3, 0.4) is 0 Å². The van der Waals surface area contributed by atoms with Crippen molar-refractivity contribution in [3.63, 3.8) is 0 Å². The maximum Gasteiger partial charge on any atom is 0.0248 e. The van der Waals surface area contributed by atoms with Crippen LogP contribution >= 0.6 is 27.7 Å². The quantitative estimate of drug-likeness (QED) is 0.827. The second kappa shape index (κ2) is 6.81. The van der Waals surface area contributed by atoms with Crippen molar-refractivity contribution in [3.05, 3.63) is 28.7 Å². The molecule has 2 unspecified atom stereocenters. The van der Waals surface area contributed by atoms with Crippen LogP contribution in [-0.2, 0) is 0 Å². The van der Waals surface area contributed by atoms with E-state index in [0.29, 0.717) is 6.04 Å². The van der Waals surface area contributed by atoms with Gasteiger partial charge in [0, 0.05) is 20.7 Å². The molecular weight excluding hydrogens is 294 g/mol. The third-order valence-corrected chi connectivity index (χ3v) is 5.36. The number of halogens is 1. The number of rotatable bonds is 3. The van der Waals surface area contributed by atoms with Gasteiger partial charge in [-0.2, -0.15) is 0 Å². The minimum Gasteiger partial charge on any atom is -0.316 e. The zero-order chi connectivity index (χ0) is 12.1. The summed E-state index contributed by atoms with van der Waals surface area (Å²) in [5.41, 5.74) is 0. The summed E-state index contributed by atoms with van der Waals surface area (Å²) in [5, 5.41) is 4.22. The summed E-state index contributed by atoms with van der Waals surface area (Å²) in [5.74, 6) is 0. The zero-order valence-corrected chi connectivity index (χ0v) is 12.7. The molecule has 2 atom stereocenters. The Morgan fingerprint density at radius 1 is 1.12 bits per heavy atom. The molecule has 1 saturated carbocycles. The molecule has 0 radical (unpaired) electrons. The first-order valence-corrected chi connectivity index (χ1v) is 8.06. The molecule has 0 aliphatic heterocycles. The highest BCUT2D eigenvalue weighted by atomic mass is 79.9. The molecule has 0 heterocycles. The average molecular weight is 314 g/mol. The van der Waals surface area contributed by atoms with E-state index in [1.165, 1.54) is 37.0 Å². The van der Waals surface area contributed by atoms with Gasteiger partial charge in [-0.15, -0.1) is 11.8 Å². The highest BCUT2D eigenvalue weighted by molar-refractivity contribution is 9.10. The molecule has 94 valence electrons. The summed E-state index contributed by atoms with van der Waals surface area (Å²) < 4.78 is 1.16. The van der Waals surface area contributed by atoms with Crippen LogP contribution in [0.25, 0.3) is 0 Å². The van der Waals surface area contributed by atoms with Gasteiger partial charge in [-0.25, -0.2) is 0 Å². The first-order chi connectivity index (χ1) is 8.29. The smallest absolute Gasteiger partial charge is 0.0248 e. The van der Waals surface area contributed by atoms with E-state index in [4.69, 9.17) is 0 Å². The largest absolute Gasteiger partial charge is 0.316 e. The second-order valence-electron chi connectivity index (χ2n) is 4.64. The van der Waals surface area contributed by atoms with E-state index in [2.05, 4.69) is 52.6 Å². The maximum absolute atomic E-state index is 3.50. The fourth-order valence-electron chi connectivity index (χ4n) is 2.43. The molecule has 1 aliphatic carbocycles. The number of hydrogen-bond donors (Lipinski definition) is 1. The lowest BCUT2D eigenvalue weighted by Gasteiger charge is -2.24. The van der Waals surface area contributed by atoms with Gasteiger partial charge in [0.25, 0.3) is 0 Å². The summed E-state index contributed by atoms with van der Waals surface area (Å²) in [6, 6.07) is 9.37. The molecule has 0 bridgehead atoms. The Balaban J connectivity index is 2.01. The Hall–Kier alpha value is 0.01000. The molecule has 3 heteroatoms. The molecule has 1 nitrogen and oxygen atoms in total. The van der Waals surface area contributed by atoms with Crippen molar-refractivity contribution in [3.8, 4) is 0 Å². The molecule has 0 spiro atoms. The Bertz CT molecular complexity index is 339. The molecule has 1 aromatic carbocycles. The Labute approximate surface area is 117 Å². The molecule has 1 aromatic rings. The normalized spacial score (nSPS) is 25.5. The lowest BCUT2D eigenvalue weighted by atomic mass is 10.1. The van der Waals surface area contributed by atoms with Crippen LogP contribution in [0.5, 0.6) is 0 Å². The monoisotopic (exact) mass is 313 g/mol. The summed E-state index contributed by atoms with van der Waals surface area (Å²) in [4.78, 5) is 1.39. The summed E-state index contributed by atoms with van der Waals surface area (Å²) >= 11 is 5.52. The van der Waals surface area contributed by atoms with Crippen molar-refractivity contribution >= 4 is 27.7 Å². The van der Waals surface area contributed by atoms with Crippen LogP contribution in [-0.4, -0.2) is 18.3 Å². The fraction of sp³-hybridized carbons (Fsp3) is 0.571. The SMILES string of the molecule is CNC1CCCCCC1Sc1ccc(Br)cc1. The fourth-order valence-corrected chi connectivity index (χ4v) is 4.06. The first kappa shape index (κ1) is 13.4. The standard InChI is InChI=1S/C14H20BrNS/c1-16-13-5-3-2-4-6-14(13)17-12-9-7-11(15)8-10-12/h7-10,13-14,16H,2-6H2,1H3. The predicted octanol–water partition coefficient (Wildman–Crippen LogP) is 4.46. The van der Waals surface area contributed by atoms with Gasteiger partial charge in [-0.05, 0) is 44.2 Å². The minimum atomic E-state index is 0.672. The van der Waals surface area contributed by atoms with Crippen LogP contribution < -0.4 is 5.32 Å². The molecule has 17 heavy (non-hydrogen) atoms. The van der Waals surface area contributed by atoms with Gasteiger partial charge >= 0.3 is 0 Å². The average Bonchev–Trinajstić information content (AvgIpc) is 2.57. The van der Waals surface area contributed by atoms with Crippen molar-refractivity contribution in [2.24, 2.45) is 0 Å². The van der Waals surface area contributed by atoms with Crippen molar-refractivity contribution in [2.45, 2.75) is 48.3 Å². The highest BCUT2D eigenvalue weighted by Crippen LogP contribution is 2.33. The van der Waals surface area contributed by atoms with Crippen molar-refractivity contribution in [1.82, 2.24) is 5.32 Å². The molecule has 1 fully saturated rings. The second-order valence-corrected chi connectivity index (χ2v) is 6.87. The Morgan fingerprint density at radius 3 is 2.53 bits per heavy atom. The van der Waals surface area contributed by atoms with Crippen LogP contribution in [0, 0.1) is 0 Å². The summed E-state index contributed by atoms with van der Waals surface area (Å²) in [7, 11) is 2.10. The molecule has 0 amide bonds. The van der Waals surface area contributed by atoms with Crippen molar-refractivity contribution in [2.75, 3.05) is 7.05 Å². The third-order valence-electron chi connectivity index (χ3n) is 3.42. The van der Waals surface area contributed by atoms with E-state index in [1.807, 2.05) is 11.8 Å². The van der Waals surface area contributed by atoms with Gasteiger partial charge in [0.1, 0.15) is 0 Å². The van der Waals surface area contributed by atoms with E-state index in [1.54, 1.807) is 0 Å². The molecule has 1 N–H and O–H groups in total. The van der Waals surface area contributed by atoms with E-state index in [-0.39, 0.29) is 0 Å². The maximum atomic E-state index is 3.50. The van der Waals surface area contributed by atoms with Crippen LogP contribution in [0.1, 0.15) is 32.1 Å². The summed E-state index contributed by atoms with van der Waals surface area (Å²) in [6.45, 7) is 0. The number of benzene rings is 1. The van der Waals surface area contributed by atoms with Gasteiger partial charge in [-0.1, -0.05) is 35.2 Å². The first-order valence-electron chi connectivity index (χ1n) is 6.39. The number of thioether (sulfide) groups is 1. The number of hydrogen-bond acceptors (Lipinski definition) is 2. The van der Waals surface area contributed by atoms with E-state index >= 15 is 0 Å². The van der Waals surface area contributed by atoms with Crippen LogP contribution in [0.2, 0.25) is 0 Å². The lowest BCUT2D eigenvalue weighted by molar-refractivity contribution is 0.510. The van der Waals surface area contributed by atoms with Gasteiger partial charge in [0.2, 0.25) is 0 Å². The molecule has 1 aliphatic rings. The Kier molecular flexibility index (Phi) is 5.39. The molecule has 0 aromatic heterocycles. The topological polar surface area (TPSA) is 12.0 Å². The third kappa shape index (κ3) is 4.01. The lowest BCUT2D eigenvalue weighted by Crippen LogP contribution is -2.34. The molecular formula is C14H20BrNS. The summed E-state index contributed by atoms with van der Waals surface area (Å²) in [6.07, 6.45) is 6.82. The van der Waals surface area contributed by atoms with Crippen LogP contribution in [0.4, 0.5) is 0 Å². The minimum absolute atomic E-state index is 0.672. The van der Waals surface area contributed by atoms with Gasteiger partial charge in [0.05, 0.1) is 0 Å². The van der Waals surface area contributed by atoms with E-state index < -0.39 is 0 Å². The van der Waals surface area contributed by atoms with E-state index in [9.17, 15) is 0 Å². The molecule has 2 rings (SSSR count). The van der Waals surface area contributed by atoms with Crippen molar-refractivity contribution in [1.29, 1.82) is 0 Å². The van der Waals surface area contributed by atoms with Gasteiger partial charge in [0.15, 0.2) is 0 Å². The van der Waals surface area contributed by atoms with Gasteiger partial charge < -0.3 is 5.32 Å². The highest BCUT2D eigenvalue weighted by Gasteiger charge is 2.22. The van der Waals surface area contributed by atoms with Crippen LogP contribution in [0.15, 0.2) is 33.6 Å². The number of nitrogens with one attached hydrogen (secondary N) is 1. The van der Waals surface area contributed by atoms with E-state index in [0.717, 1.165) is 9.72 Å². The Morgan fingerprint density at radius 2 is 1.82 bits per heavy atom. The van der Waals surface area contributed by atoms with Gasteiger partial charge in [-0.3, -0.25) is 0 Å². The predicted molar refractivity (Wildman–Crippen MR) is 79.7 cm³/mol.